The van der Waals surface area contributed by atoms with Gasteiger partial charge in [-0.2, -0.15) is 4.31 Å². The summed E-state index contributed by atoms with van der Waals surface area (Å²) in [6.45, 7) is 11.5. The Morgan fingerprint density at radius 3 is 2.54 bits per heavy atom. The van der Waals surface area contributed by atoms with Gasteiger partial charge in [0.2, 0.25) is 5.91 Å². The number of fused-ring (bicyclic) bond motifs is 1. The number of nitrogens with zero attached hydrogens (tertiary/aromatic N) is 4. The molecule has 11 heteroatoms. The van der Waals surface area contributed by atoms with Crippen LogP contribution in [-0.4, -0.2) is 67.3 Å². The van der Waals surface area contributed by atoms with Crippen LogP contribution in [0, 0.1) is 13.8 Å². The Kier molecular flexibility index (Phi) is 8.19. The number of aryl methyl sites for hydroxylation is 2. The maximum Gasteiger partial charge on any atom is 0.253 e. The number of hydrogen-bond donors (Lipinski definition) is 0. The van der Waals surface area contributed by atoms with Crippen molar-refractivity contribution in [3.05, 3.63) is 39.7 Å². The van der Waals surface area contributed by atoms with Gasteiger partial charge in [-0.1, -0.05) is 42.9 Å². The molecule has 1 aliphatic rings. The third kappa shape index (κ3) is 5.28. The van der Waals surface area contributed by atoms with E-state index in [0.29, 0.717) is 41.9 Å². The van der Waals surface area contributed by atoms with Crippen LogP contribution in [0.3, 0.4) is 0 Å². The number of sulfonamides is 1. The van der Waals surface area contributed by atoms with Crippen LogP contribution >= 0.6 is 34.3 Å². The quantitative estimate of drug-likeness (QED) is 0.365. The first-order chi connectivity index (χ1) is 16.7. The second-order valence-electron chi connectivity index (χ2n) is 8.70. The smallest absolute Gasteiger partial charge is 0.253 e. The fourth-order valence-electron chi connectivity index (χ4n) is 4.42. The van der Waals surface area contributed by atoms with Crippen LogP contribution in [0.4, 0.5) is 5.13 Å². The Morgan fingerprint density at radius 1 is 1.14 bits per heavy atom. The SMILES string of the molecule is CCN(CC)CCN(C(=O)C1CCCN1S(=O)(=O)c1ccc(Cl)s1)c1nc2c(C)c(C)ccc2s1. The number of rotatable bonds is 9. The fraction of sp³-hybridized carbons (Fsp3) is 0.500. The molecule has 0 aliphatic carbocycles. The Balaban J connectivity index is 1.70. The Labute approximate surface area is 220 Å². The lowest BCUT2D eigenvalue weighted by Crippen LogP contribution is -2.49. The van der Waals surface area contributed by atoms with Crippen molar-refractivity contribution in [1.82, 2.24) is 14.2 Å². The summed E-state index contributed by atoms with van der Waals surface area (Å²) in [7, 11) is -3.81. The molecular weight excluding hydrogens is 524 g/mol. The lowest BCUT2D eigenvalue weighted by molar-refractivity contribution is -0.121. The maximum atomic E-state index is 14.0. The van der Waals surface area contributed by atoms with E-state index in [1.165, 1.54) is 21.7 Å². The molecular formula is C24H31ClN4O3S3. The standard InChI is InChI=1S/C24H31ClN4O3S3/c1-5-27(6-2)14-15-28(24-26-22-17(4)16(3)9-10-19(22)33-24)23(30)18-8-7-13-29(18)35(31,32)21-12-11-20(25)34-21/h9-12,18H,5-8,13-15H2,1-4H3. The van der Waals surface area contributed by atoms with Crippen molar-refractivity contribution in [2.75, 3.05) is 37.6 Å². The highest BCUT2D eigenvalue weighted by molar-refractivity contribution is 7.91. The first-order valence-corrected chi connectivity index (χ1v) is 15.3. The molecule has 7 nitrogen and oxygen atoms in total. The van der Waals surface area contributed by atoms with Crippen molar-refractivity contribution in [3.63, 3.8) is 0 Å². The summed E-state index contributed by atoms with van der Waals surface area (Å²) in [5.41, 5.74) is 3.15. The van der Waals surface area contributed by atoms with Crippen molar-refractivity contribution >= 4 is 65.6 Å². The van der Waals surface area contributed by atoms with Gasteiger partial charge in [0, 0.05) is 19.6 Å². The molecule has 0 saturated carbocycles. The number of amides is 1. The highest BCUT2D eigenvalue weighted by Crippen LogP contribution is 2.36. The molecule has 3 heterocycles. The van der Waals surface area contributed by atoms with Crippen molar-refractivity contribution < 1.29 is 13.2 Å². The van der Waals surface area contributed by atoms with Gasteiger partial charge in [-0.05, 0) is 69.1 Å². The average molecular weight is 555 g/mol. The molecule has 0 spiro atoms. The molecule has 2 aromatic heterocycles. The Hall–Kier alpha value is -1.56. The minimum atomic E-state index is -3.81. The summed E-state index contributed by atoms with van der Waals surface area (Å²) in [5.74, 6) is -0.214. The van der Waals surface area contributed by atoms with E-state index in [0.717, 1.165) is 45.8 Å². The molecule has 1 amide bonds. The van der Waals surface area contributed by atoms with Gasteiger partial charge in [0.1, 0.15) is 10.3 Å². The van der Waals surface area contributed by atoms with Gasteiger partial charge in [-0.3, -0.25) is 9.69 Å². The van der Waals surface area contributed by atoms with Crippen molar-refractivity contribution in [1.29, 1.82) is 0 Å². The number of hydrogen-bond acceptors (Lipinski definition) is 7. The highest BCUT2D eigenvalue weighted by atomic mass is 35.5. The third-order valence-corrected chi connectivity index (χ3v) is 11.4. The summed E-state index contributed by atoms with van der Waals surface area (Å²) in [6.07, 6.45) is 1.12. The number of likely N-dealkylation sites (N-methyl/N-ethyl adjacent to an activating group) is 1. The molecule has 1 atom stereocenters. The maximum absolute atomic E-state index is 14.0. The second kappa shape index (κ2) is 10.8. The first kappa shape index (κ1) is 26.5. The minimum Gasteiger partial charge on any atom is -0.302 e. The summed E-state index contributed by atoms with van der Waals surface area (Å²) in [6, 6.07) is 6.44. The van der Waals surface area contributed by atoms with Crippen LogP contribution in [0.1, 0.15) is 37.8 Å². The monoisotopic (exact) mass is 554 g/mol. The lowest BCUT2D eigenvalue weighted by Gasteiger charge is -2.29. The van der Waals surface area contributed by atoms with Crippen LogP contribution in [0.2, 0.25) is 4.34 Å². The van der Waals surface area contributed by atoms with Crippen molar-refractivity contribution in [2.24, 2.45) is 0 Å². The molecule has 0 radical (unpaired) electrons. The predicted molar refractivity (Wildman–Crippen MR) is 145 cm³/mol. The van der Waals surface area contributed by atoms with Gasteiger partial charge in [0.25, 0.3) is 10.0 Å². The molecule has 0 N–H and O–H groups in total. The van der Waals surface area contributed by atoms with E-state index in [9.17, 15) is 13.2 Å². The number of anilines is 1. The summed E-state index contributed by atoms with van der Waals surface area (Å²) in [5, 5.41) is 0.620. The number of thiophene rings is 1. The number of thiazole rings is 1. The van der Waals surface area contributed by atoms with E-state index < -0.39 is 16.1 Å². The highest BCUT2D eigenvalue weighted by Gasteiger charge is 2.42. The molecule has 3 aromatic rings. The largest absolute Gasteiger partial charge is 0.302 e. The van der Waals surface area contributed by atoms with Crippen LogP contribution < -0.4 is 4.90 Å². The van der Waals surface area contributed by atoms with Gasteiger partial charge in [0.15, 0.2) is 5.13 Å². The Bertz CT molecular complexity index is 1320. The van der Waals surface area contributed by atoms with Gasteiger partial charge in [-0.25, -0.2) is 13.4 Å². The van der Waals surface area contributed by atoms with E-state index in [1.807, 2.05) is 13.0 Å². The van der Waals surface area contributed by atoms with Gasteiger partial charge in [0.05, 0.1) is 14.6 Å². The van der Waals surface area contributed by atoms with Crippen molar-refractivity contribution in [3.8, 4) is 0 Å². The normalized spacial score (nSPS) is 17.0. The van der Waals surface area contributed by atoms with E-state index >= 15 is 0 Å². The van der Waals surface area contributed by atoms with E-state index in [2.05, 4.69) is 31.7 Å². The molecule has 1 unspecified atom stereocenters. The molecule has 1 saturated heterocycles. The average Bonchev–Trinajstić information content (AvgIpc) is 3.59. The number of aromatic nitrogens is 1. The zero-order valence-electron chi connectivity index (χ0n) is 20.5. The number of carbonyl (C=O) groups excluding carboxylic acids is 1. The molecule has 1 fully saturated rings. The van der Waals surface area contributed by atoms with Crippen LogP contribution in [0.15, 0.2) is 28.5 Å². The zero-order valence-corrected chi connectivity index (χ0v) is 23.7. The number of halogens is 1. The molecule has 190 valence electrons. The van der Waals surface area contributed by atoms with Crippen LogP contribution in [-0.2, 0) is 14.8 Å². The summed E-state index contributed by atoms with van der Waals surface area (Å²) >= 11 is 8.52. The first-order valence-electron chi connectivity index (χ1n) is 11.8. The van der Waals surface area contributed by atoms with Crippen LogP contribution in [0.25, 0.3) is 10.2 Å². The van der Waals surface area contributed by atoms with Crippen LogP contribution in [0.5, 0.6) is 0 Å². The molecule has 0 bridgehead atoms. The number of benzene rings is 1. The minimum absolute atomic E-state index is 0.169. The topological polar surface area (TPSA) is 73.8 Å². The predicted octanol–water partition coefficient (Wildman–Crippen LogP) is 5.16. The summed E-state index contributed by atoms with van der Waals surface area (Å²) < 4.78 is 29.7. The molecule has 1 aromatic carbocycles. The van der Waals surface area contributed by atoms with Gasteiger partial charge >= 0.3 is 0 Å². The second-order valence-corrected chi connectivity index (χ2v) is 13.5. The zero-order chi connectivity index (χ0) is 25.3. The van der Waals surface area contributed by atoms with E-state index in [4.69, 9.17) is 16.6 Å². The number of carbonyl (C=O) groups is 1. The molecule has 1 aliphatic heterocycles. The van der Waals surface area contributed by atoms with E-state index in [1.54, 1.807) is 11.0 Å². The molecule has 35 heavy (non-hydrogen) atoms. The summed E-state index contributed by atoms with van der Waals surface area (Å²) in [4.78, 5) is 22.8. The van der Waals surface area contributed by atoms with Gasteiger partial charge < -0.3 is 4.90 Å². The fourth-order valence-corrected chi connectivity index (χ4v) is 8.74. The Morgan fingerprint density at radius 2 is 1.89 bits per heavy atom. The van der Waals surface area contributed by atoms with Crippen molar-refractivity contribution in [2.45, 2.75) is 50.8 Å². The van der Waals surface area contributed by atoms with E-state index in [-0.39, 0.29) is 10.1 Å². The van der Waals surface area contributed by atoms with Gasteiger partial charge in [-0.15, -0.1) is 11.3 Å². The third-order valence-electron chi connectivity index (χ3n) is 6.70. The molecule has 4 rings (SSSR count). The lowest BCUT2D eigenvalue weighted by atomic mass is 10.1.